The molecule has 0 bridgehead atoms. The highest BCUT2D eigenvalue weighted by Gasteiger charge is 2.24. The first-order valence-electron chi connectivity index (χ1n) is 8.34. The van der Waals surface area contributed by atoms with Crippen LogP contribution in [0.5, 0.6) is 5.75 Å². The number of nitrogens with zero attached hydrogens (tertiary/aromatic N) is 2. The van der Waals surface area contributed by atoms with Crippen LogP contribution < -0.4 is 4.74 Å². The van der Waals surface area contributed by atoms with Crippen LogP contribution in [0, 0.1) is 0 Å². The van der Waals surface area contributed by atoms with Gasteiger partial charge in [-0.15, -0.1) is 0 Å². The maximum atomic E-state index is 11.9. The largest absolute Gasteiger partial charge is 0.496 e. The molecule has 0 aromatic heterocycles. The predicted octanol–water partition coefficient (Wildman–Crippen LogP) is 1.87. The number of methoxy groups -OCH3 is 1. The molecule has 5 nitrogen and oxygen atoms in total. The molecule has 1 heterocycles. The van der Waals surface area contributed by atoms with E-state index in [1.807, 2.05) is 18.2 Å². The molecular formula is C19H24N2O3. The van der Waals surface area contributed by atoms with E-state index in [-0.39, 0.29) is 5.91 Å². The molecule has 1 fully saturated rings. The van der Waals surface area contributed by atoms with Crippen molar-refractivity contribution in [2.75, 3.05) is 33.3 Å². The lowest BCUT2D eigenvalue weighted by Gasteiger charge is -2.35. The van der Waals surface area contributed by atoms with Crippen LogP contribution in [0.25, 0.3) is 10.8 Å². The van der Waals surface area contributed by atoms with Gasteiger partial charge in [0, 0.05) is 38.3 Å². The van der Waals surface area contributed by atoms with E-state index in [1.165, 1.54) is 23.3 Å². The van der Waals surface area contributed by atoms with Crippen molar-refractivity contribution in [3.05, 3.63) is 42.0 Å². The zero-order valence-electron chi connectivity index (χ0n) is 14.2. The van der Waals surface area contributed by atoms with Crippen molar-refractivity contribution in [3.63, 3.8) is 0 Å². The molecule has 1 atom stereocenters. The number of hydrogen-bond acceptors (Lipinski definition) is 4. The molecule has 24 heavy (non-hydrogen) atoms. The minimum Gasteiger partial charge on any atom is -0.496 e. The molecule has 5 heteroatoms. The number of carbonyl (C=O) groups is 1. The molecule has 2 aromatic carbocycles. The van der Waals surface area contributed by atoms with E-state index >= 15 is 0 Å². The Bertz CT molecular complexity index is 722. The molecule has 1 amide bonds. The molecule has 0 radical (unpaired) electrons. The van der Waals surface area contributed by atoms with Crippen LogP contribution >= 0.6 is 0 Å². The van der Waals surface area contributed by atoms with E-state index in [0.29, 0.717) is 13.1 Å². The molecule has 1 aliphatic rings. The minimum atomic E-state index is -0.922. The van der Waals surface area contributed by atoms with Crippen molar-refractivity contribution in [3.8, 4) is 5.75 Å². The Morgan fingerprint density at radius 1 is 1.17 bits per heavy atom. The normalized spacial score (nSPS) is 17.0. The molecular weight excluding hydrogens is 304 g/mol. The summed E-state index contributed by atoms with van der Waals surface area (Å²) in [6.07, 6.45) is -0.922. The van der Waals surface area contributed by atoms with Crippen molar-refractivity contribution >= 4 is 16.7 Å². The first-order chi connectivity index (χ1) is 11.6. The fourth-order valence-corrected chi connectivity index (χ4v) is 3.28. The summed E-state index contributed by atoms with van der Waals surface area (Å²) < 4.78 is 5.56. The first-order valence-corrected chi connectivity index (χ1v) is 8.34. The van der Waals surface area contributed by atoms with Gasteiger partial charge in [0.05, 0.1) is 7.11 Å². The second-order valence-corrected chi connectivity index (χ2v) is 6.24. The Hall–Kier alpha value is -2.11. The molecule has 1 N–H and O–H groups in total. The third-order valence-electron chi connectivity index (χ3n) is 4.64. The van der Waals surface area contributed by atoms with E-state index in [4.69, 9.17) is 4.74 Å². The van der Waals surface area contributed by atoms with Gasteiger partial charge < -0.3 is 14.7 Å². The minimum absolute atomic E-state index is 0.183. The van der Waals surface area contributed by atoms with Crippen LogP contribution in [-0.4, -0.2) is 60.2 Å². The molecule has 1 saturated heterocycles. The van der Waals surface area contributed by atoms with Gasteiger partial charge in [-0.1, -0.05) is 30.3 Å². The highest BCUT2D eigenvalue weighted by molar-refractivity contribution is 5.87. The number of benzene rings is 2. The fraction of sp³-hybridized carbons (Fsp3) is 0.421. The Labute approximate surface area is 142 Å². The number of rotatable bonds is 4. The molecule has 0 aliphatic carbocycles. The Balaban J connectivity index is 1.75. The number of carbonyl (C=O) groups excluding carboxylic acids is 1. The number of ether oxygens (including phenoxy) is 1. The molecule has 128 valence electrons. The van der Waals surface area contributed by atoms with Gasteiger partial charge in [-0.05, 0) is 23.8 Å². The third-order valence-corrected chi connectivity index (χ3v) is 4.64. The lowest BCUT2D eigenvalue weighted by Crippen LogP contribution is -2.50. The standard InChI is InChI=1S/C19H24N2O3/c1-14(22)19(23)21-11-9-20(10-12-21)13-17-16-6-4-3-5-15(16)7-8-18(17)24-2/h3-8,14,22H,9-13H2,1-2H3. The van der Waals surface area contributed by atoms with Gasteiger partial charge in [-0.25, -0.2) is 0 Å². The quantitative estimate of drug-likeness (QED) is 0.931. The van der Waals surface area contributed by atoms with Crippen LogP contribution in [0.1, 0.15) is 12.5 Å². The predicted molar refractivity (Wildman–Crippen MR) is 94.0 cm³/mol. The van der Waals surface area contributed by atoms with Gasteiger partial charge in [-0.2, -0.15) is 0 Å². The van der Waals surface area contributed by atoms with Crippen molar-refractivity contribution in [2.24, 2.45) is 0 Å². The number of hydrogen-bond donors (Lipinski definition) is 1. The highest BCUT2D eigenvalue weighted by atomic mass is 16.5. The Kier molecular flexibility index (Phi) is 5.02. The highest BCUT2D eigenvalue weighted by Crippen LogP contribution is 2.29. The van der Waals surface area contributed by atoms with Crippen molar-refractivity contribution < 1.29 is 14.6 Å². The lowest BCUT2D eigenvalue weighted by atomic mass is 10.0. The number of aliphatic hydroxyl groups excluding tert-OH is 1. The summed E-state index contributed by atoms with van der Waals surface area (Å²) in [6, 6.07) is 12.4. The van der Waals surface area contributed by atoms with Crippen LogP contribution in [-0.2, 0) is 11.3 Å². The van der Waals surface area contributed by atoms with E-state index in [9.17, 15) is 9.90 Å². The summed E-state index contributed by atoms with van der Waals surface area (Å²) >= 11 is 0. The summed E-state index contributed by atoms with van der Waals surface area (Å²) in [5.74, 6) is 0.716. The van der Waals surface area contributed by atoms with E-state index in [0.717, 1.165) is 25.4 Å². The van der Waals surface area contributed by atoms with E-state index in [1.54, 1.807) is 12.0 Å². The van der Waals surface area contributed by atoms with E-state index < -0.39 is 6.10 Å². The smallest absolute Gasteiger partial charge is 0.251 e. The lowest BCUT2D eigenvalue weighted by molar-refractivity contribution is -0.141. The second kappa shape index (κ2) is 7.20. The molecule has 1 aliphatic heterocycles. The topological polar surface area (TPSA) is 53.0 Å². The van der Waals surface area contributed by atoms with Crippen molar-refractivity contribution in [1.29, 1.82) is 0 Å². The summed E-state index contributed by atoms with van der Waals surface area (Å²) in [5, 5.41) is 11.9. The number of piperazine rings is 1. The Morgan fingerprint density at radius 2 is 1.88 bits per heavy atom. The average Bonchev–Trinajstić information content (AvgIpc) is 2.62. The number of fused-ring (bicyclic) bond motifs is 1. The Morgan fingerprint density at radius 3 is 2.54 bits per heavy atom. The van der Waals surface area contributed by atoms with Crippen LogP contribution in [0.4, 0.5) is 0 Å². The summed E-state index contributed by atoms with van der Waals surface area (Å²) in [7, 11) is 1.70. The van der Waals surface area contributed by atoms with Gasteiger partial charge in [0.15, 0.2) is 0 Å². The van der Waals surface area contributed by atoms with Crippen molar-refractivity contribution in [1.82, 2.24) is 9.80 Å². The first kappa shape index (κ1) is 16.7. The molecule has 0 saturated carbocycles. The number of aliphatic hydroxyl groups is 1. The van der Waals surface area contributed by atoms with Crippen molar-refractivity contribution in [2.45, 2.75) is 19.6 Å². The van der Waals surface area contributed by atoms with Gasteiger partial charge in [0.25, 0.3) is 5.91 Å². The van der Waals surface area contributed by atoms with Crippen LogP contribution in [0.2, 0.25) is 0 Å². The molecule has 2 aromatic rings. The average molecular weight is 328 g/mol. The second-order valence-electron chi connectivity index (χ2n) is 6.24. The van der Waals surface area contributed by atoms with Crippen LogP contribution in [0.3, 0.4) is 0 Å². The van der Waals surface area contributed by atoms with Gasteiger partial charge in [0.1, 0.15) is 11.9 Å². The fourth-order valence-electron chi connectivity index (χ4n) is 3.28. The number of amides is 1. The van der Waals surface area contributed by atoms with E-state index in [2.05, 4.69) is 23.1 Å². The van der Waals surface area contributed by atoms with Gasteiger partial charge in [0.2, 0.25) is 0 Å². The maximum Gasteiger partial charge on any atom is 0.251 e. The third kappa shape index (κ3) is 3.37. The SMILES string of the molecule is COc1ccc2ccccc2c1CN1CCN(C(=O)C(C)O)CC1. The maximum absolute atomic E-state index is 11.9. The molecule has 3 rings (SSSR count). The summed E-state index contributed by atoms with van der Waals surface area (Å²) in [4.78, 5) is 15.9. The summed E-state index contributed by atoms with van der Waals surface area (Å²) in [6.45, 7) is 5.21. The van der Waals surface area contributed by atoms with Gasteiger partial charge >= 0.3 is 0 Å². The zero-order valence-corrected chi connectivity index (χ0v) is 14.2. The zero-order chi connectivity index (χ0) is 17.1. The summed E-state index contributed by atoms with van der Waals surface area (Å²) in [5.41, 5.74) is 1.19. The van der Waals surface area contributed by atoms with Crippen LogP contribution in [0.15, 0.2) is 36.4 Å². The molecule has 0 spiro atoms. The molecule has 1 unspecified atom stereocenters. The van der Waals surface area contributed by atoms with Gasteiger partial charge in [-0.3, -0.25) is 9.69 Å². The monoisotopic (exact) mass is 328 g/mol.